The first kappa shape index (κ1) is 15.9. The van der Waals surface area contributed by atoms with Crippen molar-refractivity contribution in [3.63, 3.8) is 0 Å². The van der Waals surface area contributed by atoms with Gasteiger partial charge in [-0.15, -0.1) is 0 Å². The number of fused-ring (bicyclic) bond motifs is 1. The van der Waals surface area contributed by atoms with Gasteiger partial charge in [0.15, 0.2) is 0 Å². The Morgan fingerprint density at radius 2 is 2.00 bits per heavy atom. The second-order valence-corrected chi connectivity index (χ2v) is 6.82. The lowest BCUT2D eigenvalue weighted by atomic mass is 10.1. The normalized spacial score (nSPS) is 20.2. The minimum Gasteiger partial charge on any atom is -0.353 e. The quantitative estimate of drug-likeness (QED) is 0.898. The maximum absolute atomic E-state index is 12.5. The zero-order chi connectivity index (χ0) is 17.2. The number of imidazole rings is 1. The van der Waals surface area contributed by atoms with Crippen molar-refractivity contribution in [2.24, 2.45) is 0 Å². The molecule has 130 valence electrons. The lowest BCUT2D eigenvalue weighted by molar-refractivity contribution is -0.122. The molecule has 1 saturated carbocycles. The van der Waals surface area contributed by atoms with E-state index in [0.29, 0.717) is 24.7 Å². The molecule has 0 radical (unpaired) electrons. The molecule has 2 aromatic rings. The van der Waals surface area contributed by atoms with Crippen LogP contribution >= 0.6 is 0 Å². The monoisotopic (exact) mass is 338 g/mol. The Balaban J connectivity index is 1.59. The number of carbonyl (C=O) groups excluding carboxylic acids is 2. The molecule has 2 aliphatic rings. The van der Waals surface area contributed by atoms with E-state index in [1.807, 2.05) is 34.9 Å². The third kappa shape index (κ3) is 3.16. The van der Waals surface area contributed by atoms with Gasteiger partial charge in [0.05, 0.1) is 12.2 Å². The third-order valence-electron chi connectivity index (χ3n) is 5.07. The number of hydrogen-bond donors (Lipinski definition) is 2. The molecule has 1 aromatic carbocycles. The number of nitrogens with zero attached hydrogens (tertiary/aromatic N) is 2. The third-order valence-corrected chi connectivity index (χ3v) is 5.07. The molecule has 2 heterocycles. The van der Waals surface area contributed by atoms with E-state index in [4.69, 9.17) is 0 Å². The lowest BCUT2D eigenvalue weighted by Crippen LogP contribution is -2.42. The minimum absolute atomic E-state index is 0.0479. The van der Waals surface area contributed by atoms with Crippen molar-refractivity contribution in [2.45, 2.75) is 44.2 Å². The Hall–Kier alpha value is -2.63. The summed E-state index contributed by atoms with van der Waals surface area (Å²) in [5, 5.41) is 6.01. The molecule has 1 unspecified atom stereocenters. The highest BCUT2D eigenvalue weighted by Crippen LogP contribution is 2.28. The first-order valence-electron chi connectivity index (χ1n) is 8.92. The van der Waals surface area contributed by atoms with Gasteiger partial charge in [0.2, 0.25) is 5.91 Å². The molecule has 1 aliphatic heterocycles. The largest absolute Gasteiger partial charge is 0.353 e. The van der Waals surface area contributed by atoms with Crippen LogP contribution in [-0.4, -0.2) is 34.0 Å². The van der Waals surface area contributed by atoms with Gasteiger partial charge in [-0.25, -0.2) is 4.98 Å². The second kappa shape index (κ2) is 6.70. The van der Waals surface area contributed by atoms with Crippen LogP contribution in [0.3, 0.4) is 0 Å². The van der Waals surface area contributed by atoms with Crippen LogP contribution in [0.1, 0.15) is 48.6 Å². The summed E-state index contributed by atoms with van der Waals surface area (Å²) in [4.78, 5) is 29.1. The Morgan fingerprint density at radius 3 is 2.76 bits per heavy atom. The van der Waals surface area contributed by atoms with Gasteiger partial charge in [0, 0.05) is 24.6 Å². The Bertz CT molecular complexity index is 778. The van der Waals surface area contributed by atoms with E-state index in [1.54, 1.807) is 6.20 Å². The summed E-state index contributed by atoms with van der Waals surface area (Å²) in [6.07, 6.45) is 6.46. The molecule has 1 aromatic heterocycles. The number of nitrogens with one attached hydrogen (secondary N) is 2. The molecule has 2 N–H and O–H groups in total. The van der Waals surface area contributed by atoms with E-state index in [9.17, 15) is 9.59 Å². The van der Waals surface area contributed by atoms with Crippen molar-refractivity contribution in [2.75, 3.05) is 6.54 Å². The summed E-state index contributed by atoms with van der Waals surface area (Å²) in [6.45, 7) is 0.445. The number of benzene rings is 1. The molecule has 0 spiro atoms. The van der Waals surface area contributed by atoms with Crippen LogP contribution in [0.5, 0.6) is 0 Å². The average molecular weight is 338 g/mol. The smallest absolute Gasteiger partial charge is 0.269 e. The predicted molar refractivity (Wildman–Crippen MR) is 94.0 cm³/mol. The molecule has 6 heteroatoms. The fourth-order valence-electron chi connectivity index (χ4n) is 3.83. The summed E-state index contributed by atoms with van der Waals surface area (Å²) >= 11 is 0. The van der Waals surface area contributed by atoms with Gasteiger partial charge < -0.3 is 15.2 Å². The van der Waals surface area contributed by atoms with Crippen LogP contribution in [0.25, 0.3) is 11.4 Å². The first-order valence-corrected chi connectivity index (χ1v) is 8.92. The predicted octanol–water partition coefficient (Wildman–Crippen LogP) is 2.28. The molecular weight excluding hydrogens is 316 g/mol. The maximum atomic E-state index is 12.5. The molecule has 0 saturated heterocycles. The van der Waals surface area contributed by atoms with E-state index in [-0.39, 0.29) is 17.9 Å². The van der Waals surface area contributed by atoms with Crippen LogP contribution in [0.2, 0.25) is 0 Å². The van der Waals surface area contributed by atoms with Crippen LogP contribution in [0.4, 0.5) is 0 Å². The van der Waals surface area contributed by atoms with Gasteiger partial charge in [-0.3, -0.25) is 9.59 Å². The highest BCUT2D eigenvalue weighted by atomic mass is 16.2. The van der Waals surface area contributed by atoms with Crippen molar-refractivity contribution in [3.05, 3.63) is 42.2 Å². The molecule has 1 fully saturated rings. The molecule has 2 amide bonds. The Labute approximate surface area is 146 Å². The van der Waals surface area contributed by atoms with E-state index < -0.39 is 0 Å². The Morgan fingerprint density at radius 1 is 1.24 bits per heavy atom. The molecule has 25 heavy (non-hydrogen) atoms. The molecule has 6 nitrogen and oxygen atoms in total. The molecule has 4 rings (SSSR count). The van der Waals surface area contributed by atoms with Crippen molar-refractivity contribution >= 4 is 11.8 Å². The van der Waals surface area contributed by atoms with Crippen LogP contribution < -0.4 is 10.6 Å². The average Bonchev–Trinajstić information content (AvgIpc) is 3.28. The summed E-state index contributed by atoms with van der Waals surface area (Å²) in [6, 6.07) is 9.97. The van der Waals surface area contributed by atoms with Gasteiger partial charge in [-0.1, -0.05) is 43.2 Å². The molecule has 1 atom stereocenters. The Kier molecular flexibility index (Phi) is 4.26. The fourth-order valence-corrected chi connectivity index (χ4v) is 3.83. The highest BCUT2D eigenvalue weighted by molar-refractivity contribution is 5.94. The molecule has 0 bridgehead atoms. The van der Waals surface area contributed by atoms with Crippen LogP contribution in [0.15, 0.2) is 36.5 Å². The lowest BCUT2D eigenvalue weighted by Gasteiger charge is -2.27. The standard InChI is InChI=1S/C19H22N4O2/c24-17(22-14-8-4-5-9-14)10-15-11-21-19(25)16-12-20-18(23(15)16)13-6-2-1-3-7-13/h1-3,6-7,12,14-15H,4-5,8-11H2,(H,21,25)(H,22,24). The minimum atomic E-state index is -0.137. The van der Waals surface area contributed by atoms with Gasteiger partial charge >= 0.3 is 0 Å². The number of amides is 2. The fraction of sp³-hybridized carbons (Fsp3) is 0.421. The number of rotatable bonds is 4. The van der Waals surface area contributed by atoms with Gasteiger partial charge in [-0.05, 0) is 12.8 Å². The van der Waals surface area contributed by atoms with Crippen molar-refractivity contribution < 1.29 is 9.59 Å². The topological polar surface area (TPSA) is 76.0 Å². The van der Waals surface area contributed by atoms with Crippen molar-refractivity contribution in [1.82, 2.24) is 20.2 Å². The van der Waals surface area contributed by atoms with Gasteiger partial charge in [0.1, 0.15) is 11.5 Å². The number of aromatic nitrogens is 2. The van der Waals surface area contributed by atoms with E-state index in [2.05, 4.69) is 15.6 Å². The number of hydrogen-bond acceptors (Lipinski definition) is 3. The van der Waals surface area contributed by atoms with E-state index >= 15 is 0 Å². The zero-order valence-electron chi connectivity index (χ0n) is 14.1. The maximum Gasteiger partial charge on any atom is 0.269 e. The zero-order valence-corrected chi connectivity index (χ0v) is 14.1. The molecule has 1 aliphatic carbocycles. The summed E-state index contributed by atoms with van der Waals surface area (Å²) in [5.41, 5.74) is 1.47. The van der Waals surface area contributed by atoms with Crippen molar-refractivity contribution in [3.8, 4) is 11.4 Å². The summed E-state index contributed by atoms with van der Waals surface area (Å²) in [5.74, 6) is 0.651. The second-order valence-electron chi connectivity index (χ2n) is 6.82. The van der Waals surface area contributed by atoms with Crippen molar-refractivity contribution in [1.29, 1.82) is 0 Å². The van der Waals surface area contributed by atoms with E-state index in [1.165, 1.54) is 12.8 Å². The molecular formula is C19H22N4O2. The van der Waals surface area contributed by atoms with Crippen LogP contribution in [0, 0.1) is 0 Å². The highest BCUT2D eigenvalue weighted by Gasteiger charge is 2.30. The number of carbonyl (C=O) groups is 2. The summed E-state index contributed by atoms with van der Waals surface area (Å²) in [7, 11) is 0. The van der Waals surface area contributed by atoms with Gasteiger partial charge in [0.25, 0.3) is 5.91 Å². The van der Waals surface area contributed by atoms with Gasteiger partial charge in [-0.2, -0.15) is 0 Å². The SMILES string of the molecule is O=C(CC1CNC(=O)c2cnc(-c3ccccc3)n21)NC1CCCC1. The first-order chi connectivity index (χ1) is 12.2. The van der Waals surface area contributed by atoms with E-state index in [0.717, 1.165) is 24.2 Å². The summed E-state index contributed by atoms with van der Waals surface area (Å²) < 4.78 is 1.92. The van der Waals surface area contributed by atoms with Crippen LogP contribution in [-0.2, 0) is 4.79 Å².